The number of aromatic amines is 1. The summed E-state index contributed by atoms with van der Waals surface area (Å²) in [6.45, 7) is 0.529. The highest BCUT2D eigenvalue weighted by Gasteiger charge is 2.18. The van der Waals surface area contributed by atoms with Crippen LogP contribution >= 0.6 is 0 Å². The number of H-pyrrole nitrogens is 1. The Labute approximate surface area is 200 Å². The number of aryl methyl sites for hydroxylation is 1. The van der Waals surface area contributed by atoms with Crippen LogP contribution in [0.4, 0.5) is 0 Å². The van der Waals surface area contributed by atoms with Gasteiger partial charge in [-0.25, -0.2) is 4.79 Å². The van der Waals surface area contributed by atoms with Crippen molar-refractivity contribution in [1.82, 2.24) is 4.98 Å². The Balaban J connectivity index is 1.33. The molecule has 2 N–H and O–H groups in total. The lowest BCUT2D eigenvalue weighted by Gasteiger charge is -2.17. The minimum atomic E-state index is -0.914. The van der Waals surface area contributed by atoms with Gasteiger partial charge in [-0.15, -0.1) is 0 Å². The molecule has 1 fully saturated rings. The summed E-state index contributed by atoms with van der Waals surface area (Å²) in [7, 11) is 0. The van der Waals surface area contributed by atoms with E-state index < -0.39 is 5.97 Å². The first-order valence-corrected chi connectivity index (χ1v) is 12.4. The number of fused-ring (bicyclic) bond motifs is 2. The molecule has 1 aliphatic rings. The molecule has 1 heterocycles. The molecule has 0 atom stereocenters. The lowest BCUT2D eigenvalue weighted by Crippen LogP contribution is -2.04. The third-order valence-corrected chi connectivity index (χ3v) is 6.96. The predicted octanol–water partition coefficient (Wildman–Crippen LogP) is 7.62. The minimum absolute atomic E-state index is 0.290. The maximum atomic E-state index is 12.0. The number of benzene rings is 3. The van der Waals surface area contributed by atoms with Crippen LogP contribution in [0.25, 0.3) is 27.8 Å². The maximum absolute atomic E-state index is 12.0. The summed E-state index contributed by atoms with van der Waals surface area (Å²) in [5, 5.41) is 13.1. The number of para-hydroxylation sites is 1. The standard InChI is InChI=1S/C30H31NO3/c32-30(33)29-26(16-8-20-34-27-17-7-12-22-11-4-5-14-24(22)27)25-15-6-13-23(28(25)31-29)19-18-21-9-2-1-3-10-21/h4-7,11-15,17-19,21,31H,1-3,8-10,16,20H2,(H,32,33)/b19-18+. The Morgan fingerprint density at radius 2 is 1.74 bits per heavy atom. The van der Waals surface area contributed by atoms with Gasteiger partial charge < -0.3 is 14.8 Å². The summed E-state index contributed by atoms with van der Waals surface area (Å²) in [4.78, 5) is 15.2. The predicted molar refractivity (Wildman–Crippen MR) is 139 cm³/mol. The summed E-state index contributed by atoms with van der Waals surface area (Å²) in [6, 6.07) is 20.4. The Morgan fingerprint density at radius 3 is 2.59 bits per heavy atom. The van der Waals surface area contributed by atoms with Crippen molar-refractivity contribution < 1.29 is 14.6 Å². The van der Waals surface area contributed by atoms with Gasteiger partial charge in [0.2, 0.25) is 0 Å². The molecule has 1 aromatic heterocycles. The number of hydrogen-bond donors (Lipinski definition) is 2. The monoisotopic (exact) mass is 453 g/mol. The van der Waals surface area contributed by atoms with Crippen LogP contribution in [-0.4, -0.2) is 22.7 Å². The second-order valence-corrected chi connectivity index (χ2v) is 9.24. The van der Waals surface area contributed by atoms with Gasteiger partial charge in [-0.2, -0.15) is 0 Å². The zero-order chi connectivity index (χ0) is 23.3. The van der Waals surface area contributed by atoms with Crippen molar-refractivity contribution in [2.75, 3.05) is 6.61 Å². The molecule has 0 bridgehead atoms. The molecule has 1 aliphatic carbocycles. The van der Waals surface area contributed by atoms with Crippen LogP contribution in [0.2, 0.25) is 0 Å². The van der Waals surface area contributed by atoms with E-state index in [2.05, 4.69) is 41.4 Å². The van der Waals surface area contributed by atoms with E-state index in [0.717, 1.165) is 45.0 Å². The Kier molecular flexibility index (Phi) is 6.66. The summed E-state index contributed by atoms with van der Waals surface area (Å²) >= 11 is 0. The molecule has 0 radical (unpaired) electrons. The van der Waals surface area contributed by atoms with Crippen molar-refractivity contribution in [3.8, 4) is 5.75 Å². The number of hydrogen-bond acceptors (Lipinski definition) is 2. The van der Waals surface area contributed by atoms with Gasteiger partial charge in [0.15, 0.2) is 0 Å². The number of ether oxygens (including phenoxy) is 1. The first-order chi connectivity index (χ1) is 16.7. The maximum Gasteiger partial charge on any atom is 0.352 e. The summed E-state index contributed by atoms with van der Waals surface area (Å²) in [6.07, 6.45) is 12.3. The number of aromatic nitrogens is 1. The van der Waals surface area contributed by atoms with Crippen LogP contribution in [0, 0.1) is 5.92 Å². The average Bonchev–Trinajstić information content (AvgIpc) is 3.25. The molecule has 4 nitrogen and oxygen atoms in total. The lowest BCUT2D eigenvalue weighted by atomic mass is 9.88. The van der Waals surface area contributed by atoms with Gasteiger partial charge in [0.05, 0.1) is 12.1 Å². The van der Waals surface area contributed by atoms with Crippen LogP contribution in [0.5, 0.6) is 5.75 Å². The molecule has 4 heteroatoms. The quantitative estimate of drug-likeness (QED) is 0.270. The molecule has 174 valence electrons. The van der Waals surface area contributed by atoms with E-state index in [9.17, 15) is 9.90 Å². The van der Waals surface area contributed by atoms with Crippen LogP contribution in [0.15, 0.2) is 66.7 Å². The largest absolute Gasteiger partial charge is 0.493 e. The molecular weight excluding hydrogens is 422 g/mol. The lowest BCUT2D eigenvalue weighted by molar-refractivity contribution is 0.0690. The summed E-state index contributed by atoms with van der Waals surface area (Å²) in [5.74, 6) is 0.581. The van der Waals surface area contributed by atoms with E-state index >= 15 is 0 Å². The number of carboxylic acid groups (broad SMARTS) is 1. The third kappa shape index (κ3) is 4.72. The zero-order valence-corrected chi connectivity index (χ0v) is 19.4. The van der Waals surface area contributed by atoms with E-state index in [1.54, 1.807) is 0 Å². The number of rotatable bonds is 8. The number of carboxylic acids is 1. The van der Waals surface area contributed by atoms with Gasteiger partial charge in [-0.3, -0.25) is 0 Å². The average molecular weight is 454 g/mol. The number of nitrogens with one attached hydrogen (secondary N) is 1. The number of aromatic carboxylic acids is 1. The van der Waals surface area contributed by atoms with Crippen LogP contribution in [0.1, 0.15) is 60.1 Å². The Morgan fingerprint density at radius 1 is 0.971 bits per heavy atom. The second-order valence-electron chi connectivity index (χ2n) is 9.24. The van der Waals surface area contributed by atoms with Crippen molar-refractivity contribution in [2.45, 2.75) is 44.9 Å². The molecule has 0 spiro atoms. The minimum Gasteiger partial charge on any atom is -0.493 e. The van der Waals surface area contributed by atoms with Gasteiger partial charge in [0, 0.05) is 10.8 Å². The molecule has 1 saturated carbocycles. The molecular formula is C30H31NO3. The van der Waals surface area contributed by atoms with E-state index in [0.29, 0.717) is 24.6 Å². The first-order valence-electron chi connectivity index (χ1n) is 12.4. The van der Waals surface area contributed by atoms with E-state index in [1.165, 1.54) is 32.1 Å². The van der Waals surface area contributed by atoms with Crippen LogP contribution < -0.4 is 4.74 Å². The Bertz CT molecular complexity index is 1320. The van der Waals surface area contributed by atoms with E-state index in [1.807, 2.05) is 36.4 Å². The molecule has 3 aromatic carbocycles. The van der Waals surface area contributed by atoms with E-state index in [4.69, 9.17) is 4.74 Å². The fourth-order valence-corrected chi connectivity index (χ4v) is 5.20. The summed E-state index contributed by atoms with van der Waals surface area (Å²) in [5.41, 5.74) is 3.12. The molecule has 0 unspecified atom stereocenters. The number of allylic oxidation sites excluding steroid dienone is 1. The van der Waals surface area contributed by atoms with Crippen molar-refractivity contribution >= 4 is 33.7 Å². The van der Waals surface area contributed by atoms with Crippen molar-refractivity contribution in [3.63, 3.8) is 0 Å². The second kappa shape index (κ2) is 10.2. The highest BCUT2D eigenvalue weighted by Crippen LogP contribution is 2.30. The fourth-order valence-electron chi connectivity index (χ4n) is 5.20. The van der Waals surface area contributed by atoms with Crippen molar-refractivity contribution in [3.05, 3.63) is 83.6 Å². The van der Waals surface area contributed by atoms with Crippen LogP contribution in [0.3, 0.4) is 0 Å². The highest BCUT2D eigenvalue weighted by molar-refractivity contribution is 6.00. The van der Waals surface area contributed by atoms with Crippen molar-refractivity contribution in [2.24, 2.45) is 5.92 Å². The smallest absolute Gasteiger partial charge is 0.352 e. The zero-order valence-electron chi connectivity index (χ0n) is 19.4. The third-order valence-electron chi connectivity index (χ3n) is 6.96. The Hall–Kier alpha value is -3.53. The van der Waals surface area contributed by atoms with Gasteiger partial charge in [-0.1, -0.05) is 86.0 Å². The molecule has 0 amide bonds. The molecule has 0 aliphatic heterocycles. The molecule has 5 rings (SSSR count). The van der Waals surface area contributed by atoms with Crippen LogP contribution in [-0.2, 0) is 6.42 Å². The molecule has 0 saturated heterocycles. The first kappa shape index (κ1) is 22.3. The summed E-state index contributed by atoms with van der Waals surface area (Å²) < 4.78 is 6.09. The fraction of sp³-hybridized carbons (Fsp3) is 0.300. The SMILES string of the molecule is O=C(O)c1[nH]c2c(/C=C/C3CCCCC3)cccc2c1CCCOc1cccc2ccccc12. The normalized spacial score (nSPS) is 14.8. The van der Waals surface area contributed by atoms with E-state index in [-0.39, 0.29) is 0 Å². The topological polar surface area (TPSA) is 62.3 Å². The number of carbonyl (C=O) groups is 1. The van der Waals surface area contributed by atoms with Gasteiger partial charge >= 0.3 is 5.97 Å². The molecule has 34 heavy (non-hydrogen) atoms. The van der Waals surface area contributed by atoms with Crippen molar-refractivity contribution in [1.29, 1.82) is 0 Å². The van der Waals surface area contributed by atoms with Gasteiger partial charge in [-0.05, 0) is 54.2 Å². The van der Waals surface area contributed by atoms with Gasteiger partial charge in [0.25, 0.3) is 0 Å². The highest BCUT2D eigenvalue weighted by atomic mass is 16.5. The molecule has 4 aromatic rings. The van der Waals surface area contributed by atoms with Gasteiger partial charge in [0.1, 0.15) is 11.4 Å².